The van der Waals surface area contributed by atoms with Crippen molar-refractivity contribution in [1.82, 2.24) is 0 Å². The van der Waals surface area contributed by atoms with E-state index in [1.807, 2.05) is 0 Å². The van der Waals surface area contributed by atoms with Gasteiger partial charge in [-0.3, -0.25) is 0 Å². The van der Waals surface area contributed by atoms with E-state index in [2.05, 4.69) is 0 Å². The maximum Gasteiger partial charge on any atom is 0.460 e. The van der Waals surface area contributed by atoms with E-state index in [9.17, 15) is 39.5 Å². The number of halogens is 9. The summed E-state index contributed by atoms with van der Waals surface area (Å²) in [5.74, 6) is -19.0. The highest BCUT2D eigenvalue weighted by atomic mass is 19.4. The molecular weight excluding hydrogens is 271 g/mol. The molecule has 0 aromatic heterocycles. The van der Waals surface area contributed by atoms with Gasteiger partial charge in [-0.1, -0.05) is 0 Å². The molecule has 0 amide bonds. The first kappa shape index (κ1) is 16.3. The lowest BCUT2D eigenvalue weighted by atomic mass is 10.00. The van der Waals surface area contributed by atoms with Crippen molar-refractivity contribution in [3.05, 3.63) is 0 Å². The van der Waals surface area contributed by atoms with Gasteiger partial charge in [0.05, 0.1) is 0 Å². The van der Waals surface area contributed by atoms with Crippen molar-refractivity contribution in [2.24, 2.45) is 0 Å². The van der Waals surface area contributed by atoms with E-state index in [1.54, 1.807) is 0 Å². The van der Waals surface area contributed by atoms with E-state index in [1.165, 1.54) is 0 Å². The van der Waals surface area contributed by atoms with E-state index in [0.29, 0.717) is 0 Å². The molecule has 0 unspecified atom stereocenters. The van der Waals surface area contributed by atoms with Gasteiger partial charge in [0.15, 0.2) is 0 Å². The van der Waals surface area contributed by atoms with Crippen LogP contribution < -0.4 is 0 Å². The topological polar surface area (TPSA) is 20.2 Å². The zero-order chi connectivity index (χ0) is 14.1. The van der Waals surface area contributed by atoms with Gasteiger partial charge in [-0.25, -0.2) is 0 Å². The smallest absolute Gasteiger partial charge is 0.396 e. The molecule has 0 saturated carbocycles. The molecule has 10 heteroatoms. The van der Waals surface area contributed by atoms with Gasteiger partial charge in [-0.2, -0.15) is 39.5 Å². The Balaban J connectivity index is 5.24. The number of hydrogen-bond donors (Lipinski definition) is 1. The second-order valence-corrected chi connectivity index (χ2v) is 3.18. The van der Waals surface area contributed by atoms with Crippen molar-refractivity contribution in [1.29, 1.82) is 0 Å². The molecule has 1 N–H and O–H groups in total. The second kappa shape index (κ2) is 4.54. The first-order valence-electron chi connectivity index (χ1n) is 4.12. The summed E-state index contributed by atoms with van der Waals surface area (Å²) in [7, 11) is 0. The molecule has 0 spiro atoms. The van der Waals surface area contributed by atoms with Crippen LogP contribution in [0.2, 0.25) is 0 Å². The van der Waals surface area contributed by atoms with Crippen LogP contribution in [0.3, 0.4) is 0 Å². The molecule has 0 saturated heterocycles. The van der Waals surface area contributed by atoms with Gasteiger partial charge in [0.2, 0.25) is 0 Å². The lowest BCUT2D eigenvalue weighted by Gasteiger charge is -2.33. The molecule has 0 aromatic carbocycles. The van der Waals surface area contributed by atoms with Crippen molar-refractivity contribution < 1.29 is 44.6 Å². The minimum Gasteiger partial charge on any atom is -0.396 e. The van der Waals surface area contributed by atoms with Crippen LogP contribution in [0.25, 0.3) is 0 Å². The van der Waals surface area contributed by atoms with Crippen molar-refractivity contribution in [3.8, 4) is 0 Å². The molecule has 104 valence electrons. The molecule has 0 bridgehead atoms. The monoisotopic (exact) mass is 278 g/mol. The molecular formula is C7H7F9O. The zero-order valence-electron chi connectivity index (χ0n) is 7.97. The predicted octanol–water partition coefficient (Wildman–Crippen LogP) is 3.23. The lowest BCUT2D eigenvalue weighted by Crippen LogP contribution is -2.60. The second-order valence-electron chi connectivity index (χ2n) is 3.18. The largest absolute Gasteiger partial charge is 0.460 e. The Bertz CT molecular complexity index is 257. The molecule has 0 aliphatic rings. The summed E-state index contributed by atoms with van der Waals surface area (Å²) in [4.78, 5) is 0. The highest BCUT2D eigenvalue weighted by molar-refractivity contribution is 5.00. The number of aliphatic hydroxyl groups is 1. The van der Waals surface area contributed by atoms with Crippen LogP contribution in [0.1, 0.15) is 12.8 Å². The summed E-state index contributed by atoms with van der Waals surface area (Å²) in [5.41, 5.74) is 0. The Morgan fingerprint density at radius 2 is 1.12 bits per heavy atom. The summed E-state index contributed by atoms with van der Waals surface area (Å²) in [6.07, 6.45) is -9.81. The van der Waals surface area contributed by atoms with Crippen molar-refractivity contribution in [3.63, 3.8) is 0 Å². The minimum atomic E-state index is -6.85. The quantitative estimate of drug-likeness (QED) is 0.765. The molecule has 0 rings (SSSR count). The van der Waals surface area contributed by atoms with Crippen LogP contribution in [0.4, 0.5) is 39.5 Å². The summed E-state index contributed by atoms with van der Waals surface area (Å²) in [6, 6.07) is 0. The fourth-order valence-corrected chi connectivity index (χ4v) is 0.866. The van der Waals surface area contributed by atoms with E-state index in [0.717, 1.165) is 0 Å². The predicted molar refractivity (Wildman–Crippen MR) is 37.2 cm³/mol. The first-order valence-corrected chi connectivity index (χ1v) is 4.12. The molecule has 17 heavy (non-hydrogen) atoms. The Morgan fingerprint density at radius 3 is 1.41 bits per heavy atom. The fraction of sp³-hybridized carbons (Fsp3) is 1.00. The van der Waals surface area contributed by atoms with Gasteiger partial charge in [-0.05, 0) is 6.42 Å². The summed E-state index contributed by atoms with van der Waals surface area (Å²) in [5, 5.41) is 8.07. The summed E-state index contributed by atoms with van der Waals surface area (Å²) < 4.78 is 109. The third-order valence-corrected chi connectivity index (χ3v) is 1.86. The standard InChI is InChI=1S/C7H7F9O/c8-4(9,2-1-3-17)5(10,11)6(12,13)7(14,15)16/h17H,1-3H2. The highest BCUT2D eigenvalue weighted by Crippen LogP contribution is 2.54. The van der Waals surface area contributed by atoms with E-state index >= 15 is 0 Å². The average molecular weight is 278 g/mol. The molecule has 0 fully saturated rings. The Morgan fingerprint density at radius 1 is 0.706 bits per heavy atom. The van der Waals surface area contributed by atoms with Gasteiger partial charge in [-0.15, -0.1) is 0 Å². The average Bonchev–Trinajstić information content (AvgIpc) is 2.12. The summed E-state index contributed by atoms with van der Waals surface area (Å²) >= 11 is 0. The normalized spacial score (nSPS) is 15.2. The van der Waals surface area contributed by atoms with Crippen LogP contribution in [0.5, 0.6) is 0 Å². The van der Waals surface area contributed by atoms with Gasteiger partial charge >= 0.3 is 23.9 Å². The third kappa shape index (κ3) is 2.78. The minimum absolute atomic E-state index is 1.03. The van der Waals surface area contributed by atoms with Crippen LogP contribution in [0, 0.1) is 0 Å². The van der Waals surface area contributed by atoms with Gasteiger partial charge < -0.3 is 5.11 Å². The summed E-state index contributed by atoms with van der Waals surface area (Å²) in [6.45, 7) is -1.04. The number of alkyl halides is 9. The first-order chi connectivity index (χ1) is 7.31. The number of aliphatic hydroxyl groups excluding tert-OH is 1. The van der Waals surface area contributed by atoms with Crippen LogP contribution >= 0.6 is 0 Å². The van der Waals surface area contributed by atoms with Crippen molar-refractivity contribution in [2.45, 2.75) is 36.8 Å². The fourth-order valence-electron chi connectivity index (χ4n) is 0.866. The molecule has 0 radical (unpaired) electrons. The van der Waals surface area contributed by atoms with Crippen molar-refractivity contribution in [2.75, 3.05) is 6.61 Å². The number of rotatable bonds is 5. The van der Waals surface area contributed by atoms with Crippen LogP contribution in [-0.2, 0) is 0 Å². The van der Waals surface area contributed by atoms with E-state index in [-0.39, 0.29) is 0 Å². The zero-order valence-corrected chi connectivity index (χ0v) is 7.97. The molecule has 0 aliphatic carbocycles. The Kier molecular flexibility index (Phi) is 4.36. The number of hydrogen-bond acceptors (Lipinski definition) is 1. The molecule has 0 aliphatic heterocycles. The van der Waals surface area contributed by atoms with Gasteiger partial charge in [0.25, 0.3) is 0 Å². The molecule has 0 aromatic rings. The maximum absolute atomic E-state index is 12.6. The highest BCUT2D eigenvalue weighted by Gasteiger charge is 2.81. The SMILES string of the molecule is OCCCC(F)(F)C(F)(F)C(F)(F)C(F)(F)F. The van der Waals surface area contributed by atoms with E-state index in [4.69, 9.17) is 5.11 Å². The molecule has 0 atom stereocenters. The Labute approximate surface area is 89.2 Å². The maximum atomic E-state index is 12.6. The van der Waals surface area contributed by atoms with Gasteiger partial charge in [0.1, 0.15) is 0 Å². The van der Waals surface area contributed by atoms with Crippen molar-refractivity contribution >= 4 is 0 Å². The third-order valence-electron chi connectivity index (χ3n) is 1.86. The van der Waals surface area contributed by atoms with E-state index < -0.39 is 43.4 Å². The van der Waals surface area contributed by atoms with Crippen LogP contribution in [-0.4, -0.2) is 35.7 Å². The molecule has 1 nitrogen and oxygen atoms in total. The van der Waals surface area contributed by atoms with Crippen LogP contribution in [0.15, 0.2) is 0 Å². The Hall–Kier alpha value is -0.670. The molecule has 0 heterocycles. The lowest BCUT2D eigenvalue weighted by molar-refractivity contribution is -0.396. The van der Waals surface area contributed by atoms with Gasteiger partial charge in [0, 0.05) is 13.0 Å².